The van der Waals surface area contributed by atoms with Crippen LogP contribution in [0.3, 0.4) is 0 Å². The lowest BCUT2D eigenvalue weighted by atomic mass is 9.63. The van der Waals surface area contributed by atoms with Gasteiger partial charge in [0.15, 0.2) is 0 Å². The normalized spacial score (nSPS) is 37.0. The van der Waals surface area contributed by atoms with Gasteiger partial charge in [-0.25, -0.2) is 0 Å². The number of nitrogens with zero attached hydrogens (tertiary/aromatic N) is 3. The Labute approximate surface area is 151 Å². The van der Waals surface area contributed by atoms with Gasteiger partial charge in [-0.05, 0) is 36.2 Å². The number of benzene rings is 1. The molecule has 1 aliphatic heterocycles. The molecule has 0 N–H and O–H groups in total. The molecule has 3 fully saturated rings. The molecule has 2 amide bonds. The van der Waals surface area contributed by atoms with Gasteiger partial charge >= 0.3 is 0 Å². The van der Waals surface area contributed by atoms with E-state index in [-0.39, 0.29) is 35.5 Å². The third kappa shape index (κ3) is 1.68. The first-order valence-electron chi connectivity index (χ1n) is 9.29. The molecule has 5 aliphatic rings. The zero-order valence-electron chi connectivity index (χ0n) is 14.4. The van der Waals surface area contributed by atoms with Gasteiger partial charge in [-0.1, -0.05) is 30.4 Å². The third-order valence-corrected chi connectivity index (χ3v) is 6.88. The summed E-state index contributed by atoms with van der Waals surface area (Å²) in [6, 6.07) is 8.05. The summed E-state index contributed by atoms with van der Waals surface area (Å²) in [6.45, 7) is 0. The maximum absolute atomic E-state index is 12.9. The molecule has 6 atom stereocenters. The van der Waals surface area contributed by atoms with Crippen LogP contribution in [0.2, 0.25) is 0 Å². The fourth-order valence-electron chi connectivity index (χ4n) is 5.65. The molecule has 0 unspecified atom stereocenters. The van der Waals surface area contributed by atoms with Crippen molar-refractivity contribution in [1.29, 1.82) is 0 Å². The van der Waals surface area contributed by atoms with E-state index in [4.69, 9.17) is 0 Å². The molecule has 2 saturated carbocycles. The van der Waals surface area contributed by atoms with Crippen molar-refractivity contribution >= 4 is 28.9 Å². The summed E-state index contributed by atoms with van der Waals surface area (Å²) in [5.74, 6) is 1.11. The van der Waals surface area contributed by atoms with Crippen molar-refractivity contribution in [2.75, 3.05) is 0 Å². The number of fused-ring (bicyclic) bond motifs is 1. The van der Waals surface area contributed by atoms with Crippen molar-refractivity contribution < 1.29 is 9.59 Å². The molecular weight excluding hydrogens is 326 g/mol. The molecule has 2 aromatic rings. The van der Waals surface area contributed by atoms with Crippen molar-refractivity contribution in [1.82, 2.24) is 9.58 Å². The quantitative estimate of drug-likeness (QED) is 0.477. The molecule has 130 valence electrons. The lowest BCUT2D eigenvalue weighted by Gasteiger charge is -2.37. The summed E-state index contributed by atoms with van der Waals surface area (Å²) >= 11 is 0. The molecule has 26 heavy (non-hydrogen) atoms. The minimum Gasteiger partial charge on any atom is -0.350 e. The van der Waals surface area contributed by atoms with Crippen LogP contribution in [0.15, 0.2) is 47.7 Å². The monoisotopic (exact) mass is 345 g/mol. The maximum Gasteiger partial charge on any atom is 0.254 e. The van der Waals surface area contributed by atoms with Crippen LogP contribution < -0.4 is 0 Å². The second-order valence-electron chi connectivity index (χ2n) is 8.10. The van der Waals surface area contributed by atoms with Crippen LogP contribution in [-0.4, -0.2) is 27.6 Å². The molecule has 2 bridgehead atoms. The van der Waals surface area contributed by atoms with Crippen LogP contribution in [-0.2, 0) is 16.6 Å². The summed E-state index contributed by atoms with van der Waals surface area (Å²) in [6.07, 6.45) is 9.18. The maximum atomic E-state index is 12.9. The summed E-state index contributed by atoms with van der Waals surface area (Å²) in [5, 5.41) is 6.56. The standard InChI is InChI=1S/C21H19N3O2/c1-23-10-11(12-4-2-3-5-17(12)23)9-22-24-20(25)18-13-6-7-14(16-8-15(13)16)19(18)21(24)26/h2-7,9-10,13-16,18-19H,8H2,1H3/t13-,14-,15-,16-,18+,19+/m0/s1. The molecule has 1 aromatic carbocycles. The molecule has 5 heteroatoms. The Balaban J connectivity index is 1.36. The van der Waals surface area contributed by atoms with Gasteiger partial charge in [0.05, 0.1) is 18.1 Å². The van der Waals surface area contributed by atoms with Crippen molar-refractivity contribution in [2.24, 2.45) is 47.7 Å². The Morgan fingerprint density at radius 1 is 1.04 bits per heavy atom. The molecule has 5 nitrogen and oxygen atoms in total. The van der Waals surface area contributed by atoms with E-state index in [1.165, 1.54) is 6.42 Å². The van der Waals surface area contributed by atoms with Gasteiger partial charge in [0, 0.05) is 29.7 Å². The summed E-state index contributed by atoms with van der Waals surface area (Å²) in [5.41, 5.74) is 2.02. The zero-order chi connectivity index (χ0) is 17.6. The average molecular weight is 345 g/mol. The van der Waals surface area contributed by atoms with Crippen molar-refractivity contribution in [3.63, 3.8) is 0 Å². The average Bonchev–Trinajstić information content (AvgIpc) is 3.37. The lowest BCUT2D eigenvalue weighted by molar-refractivity contribution is -0.140. The van der Waals surface area contributed by atoms with Gasteiger partial charge in [0.1, 0.15) is 0 Å². The topological polar surface area (TPSA) is 54.7 Å². The number of hydrogen-bond donors (Lipinski definition) is 0. The Bertz CT molecular complexity index is 997. The number of hydrazone groups is 1. The summed E-state index contributed by atoms with van der Waals surface area (Å²) < 4.78 is 2.03. The lowest BCUT2D eigenvalue weighted by Crippen LogP contribution is -2.40. The Morgan fingerprint density at radius 2 is 1.69 bits per heavy atom. The van der Waals surface area contributed by atoms with Gasteiger partial charge in [-0.3, -0.25) is 9.59 Å². The van der Waals surface area contributed by atoms with Crippen LogP contribution in [0.4, 0.5) is 0 Å². The smallest absolute Gasteiger partial charge is 0.254 e. The first kappa shape index (κ1) is 14.5. The van der Waals surface area contributed by atoms with Crippen molar-refractivity contribution in [3.8, 4) is 0 Å². The number of carbonyl (C=O) groups excluding carboxylic acids is 2. The zero-order valence-corrected chi connectivity index (χ0v) is 14.4. The van der Waals surface area contributed by atoms with Crippen LogP contribution in [0.25, 0.3) is 10.9 Å². The van der Waals surface area contributed by atoms with E-state index in [1.54, 1.807) is 6.21 Å². The second-order valence-corrected chi connectivity index (χ2v) is 8.10. The number of hydrogen-bond acceptors (Lipinski definition) is 3. The minimum absolute atomic E-state index is 0.110. The van der Waals surface area contributed by atoms with Gasteiger partial charge in [0.25, 0.3) is 11.8 Å². The molecular formula is C21H19N3O2. The highest BCUT2D eigenvalue weighted by Gasteiger charge is 2.67. The van der Waals surface area contributed by atoms with Crippen molar-refractivity contribution in [2.45, 2.75) is 6.42 Å². The molecule has 2 heterocycles. The Kier molecular flexibility index (Phi) is 2.63. The van der Waals surface area contributed by atoms with Crippen LogP contribution in [0, 0.1) is 35.5 Å². The van der Waals surface area contributed by atoms with E-state index in [1.807, 2.05) is 42.1 Å². The van der Waals surface area contributed by atoms with Gasteiger partial charge in [-0.15, -0.1) is 0 Å². The number of imide groups is 1. The Morgan fingerprint density at radius 3 is 2.38 bits per heavy atom. The highest BCUT2D eigenvalue weighted by Crippen LogP contribution is 2.65. The highest BCUT2D eigenvalue weighted by molar-refractivity contribution is 6.07. The van der Waals surface area contributed by atoms with E-state index in [0.29, 0.717) is 11.8 Å². The van der Waals surface area contributed by atoms with Crippen LogP contribution in [0.5, 0.6) is 0 Å². The van der Waals surface area contributed by atoms with Gasteiger partial charge in [0.2, 0.25) is 0 Å². The molecule has 0 radical (unpaired) electrons. The molecule has 4 aliphatic carbocycles. The molecule has 0 spiro atoms. The number of allylic oxidation sites excluding steroid dienone is 2. The van der Waals surface area contributed by atoms with E-state index >= 15 is 0 Å². The Hall–Kier alpha value is -2.69. The number of aromatic nitrogens is 1. The fraction of sp³-hybridized carbons (Fsp3) is 0.381. The van der Waals surface area contributed by atoms with E-state index < -0.39 is 0 Å². The molecule has 1 saturated heterocycles. The summed E-state index contributed by atoms with van der Waals surface area (Å²) in [7, 11) is 1.98. The first-order chi connectivity index (χ1) is 12.6. The number of amides is 2. The van der Waals surface area contributed by atoms with Gasteiger partial charge < -0.3 is 4.57 Å². The van der Waals surface area contributed by atoms with E-state index in [9.17, 15) is 9.59 Å². The van der Waals surface area contributed by atoms with E-state index in [0.717, 1.165) is 21.5 Å². The third-order valence-electron chi connectivity index (χ3n) is 6.88. The minimum atomic E-state index is -0.189. The fourth-order valence-corrected chi connectivity index (χ4v) is 5.65. The van der Waals surface area contributed by atoms with Crippen molar-refractivity contribution in [3.05, 3.63) is 48.2 Å². The summed E-state index contributed by atoms with van der Waals surface area (Å²) in [4.78, 5) is 25.9. The SMILES string of the molecule is Cn1cc(C=NN2C(=O)[C@@H]3[C@H]4C=C[C@@H]([C@@H]5C[C@@H]45)[C@H]3C2=O)c2ccccc21. The number of para-hydroxylation sites is 1. The first-order valence-corrected chi connectivity index (χ1v) is 9.29. The number of carbonyl (C=O) groups is 2. The molecule has 7 rings (SSSR count). The molecule has 1 aromatic heterocycles. The van der Waals surface area contributed by atoms with E-state index in [2.05, 4.69) is 17.3 Å². The van der Waals surface area contributed by atoms with Crippen LogP contribution in [0.1, 0.15) is 12.0 Å². The predicted octanol–water partition coefficient (Wildman–Crippen LogP) is 2.57. The number of rotatable bonds is 2. The predicted molar refractivity (Wildman–Crippen MR) is 97.1 cm³/mol. The van der Waals surface area contributed by atoms with Crippen LogP contribution >= 0.6 is 0 Å². The number of aryl methyl sites for hydroxylation is 1. The second kappa shape index (κ2) is 4.72. The van der Waals surface area contributed by atoms with Gasteiger partial charge in [-0.2, -0.15) is 10.1 Å². The highest BCUT2D eigenvalue weighted by atomic mass is 16.2. The largest absolute Gasteiger partial charge is 0.350 e.